The quantitative estimate of drug-likeness (QED) is 0.729. The highest BCUT2D eigenvalue weighted by Gasteiger charge is 2.03. The highest BCUT2D eigenvalue weighted by atomic mass is 35.5. The maximum absolute atomic E-state index is 5.95. The summed E-state index contributed by atoms with van der Waals surface area (Å²) < 4.78 is 1.94. The number of aromatic amines is 1. The fraction of sp³-hybridized carbons (Fsp3) is 0.0769. The highest BCUT2D eigenvalue weighted by Crippen LogP contribution is 2.21. The fourth-order valence-corrected chi connectivity index (χ4v) is 2.09. The molecule has 0 aliphatic rings. The second-order valence-electron chi connectivity index (χ2n) is 3.93. The summed E-state index contributed by atoms with van der Waals surface area (Å²) in [4.78, 5) is 3.23. The van der Waals surface area contributed by atoms with Crippen LogP contribution in [0.2, 0.25) is 5.02 Å². The number of nitrogens with one attached hydrogen (secondary N) is 2. The Hall–Kier alpha value is -1.87. The first kappa shape index (κ1) is 10.3. The van der Waals surface area contributed by atoms with Crippen molar-refractivity contribution in [2.75, 3.05) is 5.43 Å². The number of rotatable bonds is 3. The minimum absolute atomic E-state index is 0.754. The average molecular weight is 246 g/mol. The smallest absolute Gasteiger partial charge is 0.0585 e. The standard InChI is InChI=1S/C13H12ClN3/c14-11-3-4-12-10(8-15-13(12)7-11)9-16-17-5-1-2-6-17/h1-8,15-16H,9H2. The SMILES string of the molecule is Clc1ccc2c(CNn3cccc3)c[nH]c2c1. The number of hydrogen-bond donors (Lipinski definition) is 2. The first-order valence-corrected chi connectivity index (χ1v) is 5.83. The summed E-state index contributed by atoms with van der Waals surface area (Å²) in [5, 5.41) is 1.96. The van der Waals surface area contributed by atoms with Crippen LogP contribution in [-0.2, 0) is 6.54 Å². The van der Waals surface area contributed by atoms with E-state index < -0.39 is 0 Å². The van der Waals surface area contributed by atoms with Gasteiger partial charge >= 0.3 is 0 Å². The van der Waals surface area contributed by atoms with Crippen molar-refractivity contribution in [2.24, 2.45) is 0 Å². The van der Waals surface area contributed by atoms with Crippen LogP contribution in [0.15, 0.2) is 48.9 Å². The van der Waals surface area contributed by atoms with E-state index >= 15 is 0 Å². The molecule has 3 rings (SSSR count). The summed E-state index contributed by atoms with van der Waals surface area (Å²) >= 11 is 5.95. The Balaban J connectivity index is 1.86. The number of halogens is 1. The second kappa shape index (κ2) is 4.18. The number of benzene rings is 1. The van der Waals surface area contributed by atoms with Crippen molar-refractivity contribution in [1.29, 1.82) is 0 Å². The van der Waals surface area contributed by atoms with E-state index in [-0.39, 0.29) is 0 Å². The molecule has 0 radical (unpaired) electrons. The highest BCUT2D eigenvalue weighted by molar-refractivity contribution is 6.31. The Morgan fingerprint density at radius 3 is 2.88 bits per heavy atom. The minimum Gasteiger partial charge on any atom is -0.361 e. The van der Waals surface area contributed by atoms with E-state index in [0.717, 1.165) is 17.1 Å². The van der Waals surface area contributed by atoms with Crippen LogP contribution in [0.4, 0.5) is 0 Å². The summed E-state index contributed by atoms with van der Waals surface area (Å²) in [6, 6.07) is 9.87. The molecular weight excluding hydrogens is 234 g/mol. The van der Waals surface area contributed by atoms with E-state index in [1.165, 1.54) is 10.9 Å². The predicted octanol–water partition coefficient (Wildman–Crippen LogP) is 3.37. The first-order valence-electron chi connectivity index (χ1n) is 5.45. The molecule has 2 aromatic heterocycles. The number of aromatic nitrogens is 2. The summed E-state index contributed by atoms with van der Waals surface area (Å²) in [6.07, 6.45) is 5.97. The molecule has 0 spiro atoms. The third-order valence-electron chi connectivity index (χ3n) is 2.79. The third kappa shape index (κ3) is 2.01. The van der Waals surface area contributed by atoms with Crippen LogP contribution in [0.1, 0.15) is 5.56 Å². The van der Waals surface area contributed by atoms with Gasteiger partial charge in [-0.25, -0.2) is 0 Å². The summed E-state index contributed by atoms with van der Waals surface area (Å²) in [7, 11) is 0. The Bertz CT molecular complexity index is 625. The normalized spacial score (nSPS) is 10.9. The molecule has 4 heteroatoms. The predicted molar refractivity (Wildman–Crippen MR) is 70.8 cm³/mol. The molecule has 2 N–H and O–H groups in total. The van der Waals surface area contributed by atoms with Gasteiger partial charge in [0.2, 0.25) is 0 Å². The third-order valence-corrected chi connectivity index (χ3v) is 3.02. The summed E-state index contributed by atoms with van der Waals surface area (Å²) in [6.45, 7) is 0.774. The lowest BCUT2D eigenvalue weighted by atomic mass is 10.2. The molecule has 0 saturated heterocycles. The van der Waals surface area contributed by atoms with Crippen molar-refractivity contribution in [2.45, 2.75) is 6.54 Å². The van der Waals surface area contributed by atoms with Crippen molar-refractivity contribution in [3.05, 3.63) is 59.5 Å². The van der Waals surface area contributed by atoms with Crippen molar-refractivity contribution >= 4 is 22.5 Å². The lowest BCUT2D eigenvalue weighted by Crippen LogP contribution is -2.11. The number of fused-ring (bicyclic) bond motifs is 1. The molecule has 0 saturated carbocycles. The van der Waals surface area contributed by atoms with Gasteiger partial charge in [-0.1, -0.05) is 17.7 Å². The van der Waals surface area contributed by atoms with Gasteiger partial charge in [0.05, 0.1) is 6.54 Å². The molecule has 3 nitrogen and oxygen atoms in total. The van der Waals surface area contributed by atoms with E-state index in [1.807, 2.05) is 53.6 Å². The van der Waals surface area contributed by atoms with Crippen molar-refractivity contribution in [3.8, 4) is 0 Å². The molecule has 0 unspecified atom stereocenters. The monoisotopic (exact) mass is 245 g/mol. The Labute approximate surface area is 104 Å². The van der Waals surface area contributed by atoms with Crippen LogP contribution in [0, 0.1) is 0 Å². The first-order chi connectivity index (χ1) is 8.33. The van der Waals surface area contributed by atoms with E-state index in [9.17, 15) is 0 Å². The van der Waals surface area contributed by atoms with Crippen molar-refractivity contribution in [3.63, 3.8) is 0 Å². The topological polar surface area (TPSA) is 32.8 Å². The molecule has 0 amide bonds. The molecule has 0 atom stereocenters. The summed E-state index contributed by atoms with van der Waals surface area (Å²) in [5.41, 5.74) is 5.60. The minimum atomic E-state index is 0.754. The molecular formula is C13H12ClN3. The summed E-state index contributed by atoms with van der Waals surface area (Å²) in [5.74, 6) is 0. The molecule has 2 heterocycles. The second-order valence-corrected chi connectivity index (χ2v) is 4.37. The largest absolute Gasteiger partial charge is 0.361 e. The van der Waals surface area contributed by atoms with Crippen LogP contribution in [0.3, 0.4) is 0 Å². The Morgan fingerprint density at radius 2 is 2.06 bits per heavy atom. The van der Waals surface area contributed by atoms with E-state index in [0.29, 0.717) is 0 Å². The molecule has 0 fully saturated rings. The maximum atomic E-state index is 5.95. The van der Waals surface area contributed by atoms with E-state index in [2.05, 4.69) is 10.4 Å². The lowest BCUT2D eigenvalue weighted by Gasteiger charge is -2.06. The number of nitrogens with zero attached hydrogens (tertiary/aromatic N) is 1. The van der Waals surface area contributed by atoms with E-state index in [4.69, 9.17) is 11.6 Å². The number of H-pyrrole nitrogens is 1. The van der Waals surface area contributed by atoms with Crippen LogP contribution in [-0.4, -0.2) is 9.66 Å². The molecule has 0 aliphatic carbocycles. The molecule has 3 aromatic rings. The van der Waals surface area contributed by atoms with Gasteiger partial charge in [0.1, 0.15) is 0 Å². The molecule has 86 valence electrons. The van der Waals surface area contributed by atoms with Gasteiger partial charge in [0.15, 0.2) is 0 Å². The van der Waals surface area contributed by atoms with Crippen LogP contribution >= 0.6 is 11.6 Å². The molecule has 1 aromatic carbocycles. The van der Waals surface area contributed by atoms with Gasteiger partial charge in [-0.2, -0.15) is 0 Å². The van der Waals surface area contributed by atoms with Gasteiger partial charge in [-0.05, 0) is 29.8 Å². The van der Waals surface area contributed by atoms with Gasteiger partial charge in [-0.3, -0.25) is 4.68 Å². The Morgan fingerprint density at radius 1 is 1.24 bits per heavy atom. The maximum Gasteiger partial charge on any atom is 0.0585 e. The van der Waals surface area contributed by atoms with Crippen LogP contribution in [0.25, 0.3) is 10.9 Å². The van der Waals surface area contributed by atoms with Gasteiger partial charge in [0.25, 0.3) is 0 Å². The van der Waals surface area contributed by atoms with Gasteiger partial charge in [-0.15, -0.1) is 0 Å². The van der Waals surface area contributed by atoms with Crippen molar-refractivity contribution in [1.82, 2.24) is 9.66 Å². The van der Waals surface area contributed by atoms with Gasteiger partial charge < -0.3 is 10.4 Å². The zero-order chi connectivity index (χ0) is 11.7. The zero-order valence-corrected chi connectivity index (χ0v) is 9.91. The fourth-order valence-electron chi connectivity index (χ4n) is 1.92. The lowest BCUT2D eigenvalue weighted by molar-refractivity contribution is 0.850. The van der Waals surface area contributed by atoms with Crippen LogP contribution in [0.5, 0.6) is 0 Å². The van der Waals surface area contributed by atoms with Crippen molar-refractivity contribution < 1.29 is 0 Å². The number of hydrogen-bond acceptors (Lipinski definition) is 1. The average Bonchev–Trinajstić information content (AvgIpc) is 2.94. The zero-order valence-electron chi connectivity index (χ0n) is 9.15. The molecule has 17 heavy (non-hydrogen) atoms. The van der Waals surface area contributed by atoms with Crippen LogP contribution < -0.4 is 5.43 Å². The molecule has 0 bridgehead atoms. The van der Waals surface area contributed by atoms with Gasteiger partial charge in [0, 0.05) is 34.5 Å². The Kier molecular flexibility index (Phi) is 2.53. The molecule has 0 aliphatic heterocycles. The van der Waals surface area contributed by atoms with E-state index in [1.54, 1.807) is 0 Å².